The maximum Gasteiger partial charge on any atom is 0.0920 e. The molecule has 0 aliphatic carbocycles. The highest BCUT2D eigenvalue weighted by atomic mass is 127. The largest absolute Gasteiger partial charge is 0.498 e. The Kier molecular flexibility index (Phi) is 4.73. The SMILES string of the molecule is C=C(I)CCCC1=CCCCO1. The molecule has 0 unspecified atom stereocenters. The van der Waals surface area contributed by atoms with Crippen molar-refractivity contribution in [1.82, 2.24) is 0 Å². The third kappa shape index (κ3) is 4.14. The molecule has 0 N–H and O–H groups in total. The molecular formula is C10H15IO. The van der Waals surface area contributed by atoms with E-state index in [-0.39, 0.29) is 0 Å². The molecule has 0 saturated carbocycles. The molecule has 0 saturated heterocycles. The molecule has 0 bridgehead atoms. The smallest absolute Gasteiger partial charge is 0.0920 e. The predicted octanol–water partition coefficient (Wildman–Crippen LogP) is 3.80. The molecule has 0 aromatic carbocycles. The van der Waals surface area contributed by atoms with Gasteiger partial charge in [-0.3, -0.25) is 0 Å². The minimum atomic E-state index is 0.914. The zero-order valence-electron chi connectivity index (χ0n) is 7.31. The van der Waals surface area contributed by atoms with Crippen LogP contribution in [-0.4, -0.2) is 6.61 Å². The van der Waals surface area contributed by atoms with Gasteiger partial charge in [0, 0.05) is 6.42 Å². The van der Waals surface area contributed by atoms with Crippen molar-refractivity contribution < 1.29 is 4.74 Å². The maximum absolute atomic E-state index is 5.49. The van der Waals surface area contributed by atoms with Crippen molar-refractivity contribution in [3.63, 3.8) is 0 Å². The number of hydrogen-bond acceptors (Lipinski definition) is 1. The Balaban J connectivity index is 2.13. The Morgan fingerprint density at radius 2 is 2.50 bits per heavy atom. The third-order valence-corrected chi connectivity index (χ3v) is 2.42. The summed E-state index contributed by atoms with van der Waals surface area (Å²) >= 11 is 2.28. The van der Waals surface area contributed by atoms with Crippen LogP contribution in [0.15, 0.2) is 22.0 Å². The Labute approximate surface area is 88.0 Å². The second-order valence-corrected chi connectivity index (χ2v) is 4.56. The molecule has 1 nitrogen and oxygen atoms in total. The maximum atomic E-state index is 5.49. The first-order valence-corrected chi connectivity index (χ1v) is 5.52. The second kappa shape index (κ2) is 5.62. The fourth-order valence-electron chi connectivity index (χ4n) is 1.24. The molecule has 0 atom stereocenters. The van der Waals surface area contributed by atoms with Crippen LogP contribution in [-0.2, 0) is 4.74 Å². The van der Waals surface area contributed by atoms with E-state index in [0.29, 0.717) is 0 Å². The van der Waals surface area contributed by atoms with Gasteiger partial charge in [-0.15, -0.1) is 0 Å². The lowest BCUT2D eigenvalue weighted by atomic mass is 10.1. The van der Waals surface area contributed by atoms with E-state index in [9.17, 15) is 0 Å². The molecule has 1 rings (SSSR count). The van der Waals surface area contributed by atoms with E-state index in [1.165, 1.54) is 28.6 Å². The molecule has 0 amide bonds. The summed E-state index contributed by atoms with van der Waals surface area (Å²) in [6, 6.07) is 0. The quantitative estimate of drug-likeness (QED) is 0.711. The van der Waals surface area contributed by atoms with E-state index in [4.69, 9.17) is 4.74 Å². The number of allylic oxidation sites excluding steroid dienone is 3. The molecule has 0 radical (unpaired) electrons. The molecule has 1 aliphatic heterocycles. The minimum Gasteiger partial charge on any atom is -0.498 e. The van der Waals surface area contributed by atoms with Gasteiger partial charge in [0.1, 0.15) is 0 Å². The Bertz CT molecular complexity index is 184. The normalized spacial score (nSPS) is 16.6. The summed E-state index contributed by atoms with van der Waals surface area (Å²) in [5.74, 6) is 1.19. The monoisotopic (exact) mass is 278 g/mol. The minimum absolute atomic E-state index is 0.914. The summed E-state index contributed by atoms with van der Waals surface area (Å²) in [6.07, 6.45) is 7.97. The molecule has 0 spiro atoms. The number of ether oxygens (including phenoxy) is 1. The van der Waals surface area contributed by atoms with Crippen molar-refractivity contribution in [2.75, 3.05) is 6.61 Å². The fourth-order valence-corrected chi connectivity index (χ4v) is 1.62. The first kappa shape index (κ1) is 10.1. The van der Waals surface area contributed by atoms with E-state index < -0.39 is 0 Å². The third-order valence-electron chi connectivity index (χ3n) is 1.88. The van der Waals surface area contributed by atoms with Crippen molar-refractivity contribution in [3.05, 3.63) is 22.0 Å². The zero-order chi connectivity index (χ0) is 8.81. The van der Waals surface area contributed by atoms with E-state index in [1.54, 1.807) is 0 Å². The van der Waals surface area contributed by atoms with Gasteiger partial charge in [0.15, 0.2) is 0 Å². The Hall–Kier alpha value is 0.01000. The summed E-state index contributed by atoms with van der Waals surface area (Å²) in [6.45, 7) is 4.78. The number of hydrogen-bond donors (Lipinski definition) is 0. The average molecular weight is 278 g/mol. The number of halogens is 1. The summed E-state index contributed by atoms with van der Waals surface area (Å²) in [5, 5.41) is 0. The first-order valence-electron chi connectivity index (χ1n) is 4.44. The van der Waals surface area contributed by atoms with Crippen molar-refractivity contribution >= 4 is 22.6 Å². The van der Waals surface area contributed by atoms with Crippen LogP contribution >= 0.6 is 22.6 Å². The molecule has 2 heteroatoms. The van der Waals surface area contributed by atoms with Gasteiger partial charge in [-0.2, -0.15) is 0 Å². The average Bonchev–Trinajstić information content (AvgIpc) is 2.05. The van der Waals surface area contributed by atoms with Crippen LogP contribution in [0.2, 0.25) is 0 Å². The van der Waals surface area contributed by atoms with Crippen LogP contribution in [0.4, 0.5) is 0 Å². The van der Waals surface area contributed by atoms with Gasteiger partial charge in [0.05, 0.1) is 12.4 Å². The first-order chi connectivity index (χ1) is 5.79. The van der Waals surface area contributed by atoms with Crippen molar-refractivity contribution in [2.24, 2.45) is 0 Å². The van der Waals surface area contributed by atoms with Crippen molar-refractivity contribution in [1.29, 1.82) is 0 Å². The van der Waals surface area contributed by atoms with Crippen LogP contribution in [0.5, 0.6) is 0 Å². The lowest BCUT2D eigenvalue weighted by molar-refractivity contribution is 0.183. The lowest BCUT2D eigenvalue weighted by Gasteiger charge is -2.14. The highest BCUT2D eigenvalue weighted by molar-refractivity contribution is 14.1. The standard InChI is InChI=1S/C10H15IO/c1-9(11)5-4-7-10-6-2-3-8-12-10/h6H,1-5,7-8H2. The van der Waals surface area contributed by atoms with Crippen LogP contribution in [0.1, 0.15) is 32.1 Å². The van der Waals surface area contributed by atoms with E-state index in [0.717, 1.165) is 19.4 Å². The summed E-state index contributed by atoms with van der Waals surface area (Å²) in [5.41, 5.74) is 0. The summed E-state index contributed by atoms with van der Waals surface area (Å²) in [7, 11) is 0. The van der Waals surface area contributed by atoms with E-state index in [2.05, 4.69) is 35.2 Å². The van der Waals surface area contributed by atoms with Crippen molar-refractivity contribution in [2.45, 2.75) is 32.1 Å². The molecule has 1 heterocycles. The van der Waals surface area contributed by atoms with Gasteiger partial charge in [0.2, 0.25) is 0 Å². The van der Waals surface area contributed by atoms with E-state index in [1.807, 2.05) is 0 Å². The van der Waals surface area contributed by atoms with Crippen LogP contribution in [0.25, 0.3) is 0 Å². The molecule has 68 valence electrons. The second-order valence-electron chi connectivity index (χ2n) is 3.03. The van der Waals surface area contributed by atoms with Gasteiger partial charge in [-0.05, 0) is 57.9 Å². The molecule has 0 fully saturated rings. The molecular weight excluding hydrogens is 263 g/mol. The lowest BCUT2D eigenvalue weighted by Crippen LogP contribution is -2.00. The fraction of sp³-hybridized carbons (Fsp3) is 0.600. The summed E-state index contributed by atoms with van der Waals surface area (Å²) in [4.78, 5) is 0. The Morgan fingerprint density at radius 1 is 1.67 bits per heavy atom. The molecule has 0 aromatic heterocycles. The van der Waals surface area contributed by atoms with E-state index >= 15 is 0 Å². The molecule has 0 aromatic rings. The van der Waals surface area contributed by atoms with Crippen LogP contribution in [0, 0.1) is 0 Å². The van der Waals surface area contributed by atoms with Gasteiger partial charge < -0.3 is 4.74 Å². The predicted molar refractivity (Wildman–Crippen MR) is 60.3 cm³/mol. The zero-order valence-corrected chi connectivity index (χ0v) is 9.47. The highest BCUT2D eigenvalue weighted by Gasteiger charge is 2.03. The van der Waals surface area contributed by atoms with Crippen LogP contribution in [0.3, 0.4) is 0 Å². The molecule has 1 aliphatic rings. The van der Waals surface area contributed by atoms with Gasteiger partial charge in [-0.1, -0.05) is 6.58 Å². The highest BCUT2D eigenvalue weighted by Crippen LogP contribution is 2.19. The van der Waals surface area contributed by atoms with Gasteiger partial charge in [0.25, 0.3) is 0 Å². The number of rotatable bonds is 4. The van der Waals surface area contributed by atoms with Crippen LogP contribution < -0.4 is 0 Å². The van der Waals surface area contributed by atoms with Crippen molar-refractivity contribution in [3.8, 4) is 0 Å². The Morgan fingerprint density at radius 3 is 3.08 bits per heavy atom. The topological polar surface area (TPSA) is 9.23 Å². The summed E-state index contributed by atoms with van der Waals surface area (Å²) < 4.78 is 6.73. The van der Waals surface area contributed by atoms with Gasteiger partial charge >= 0.3 is 0 Å². The molecule has 12 heavy (non-hydrogen) atoms. The van der Waals surface area contributed by atoms with Gasteiger partial charge in [-0.25, -0.2) is 0 Å².